The summed E-state index contributed by atoms with van der Waals surface area (Å²) in [5, 5.41) is 3.04. The molecular formula is C8H18N3+. The number of nitrogens with zero attached hydrogens (tertiary/aromatic N) is 1. The molecule has 0 aliphatic carbocycles. The molecule has 3 heteroatoms. The van der Waals surface area contributed by atoms with E-state index in [0.717, 1.165) is 25.6 Å². The Morgan fingerprint density at radius 3 is 2.45 bits per heavy atom. The van der Waals surface area contributed by atoms with E-state index >= 15 is 0 Å². The molecule has 11 heavy (non-hydrogen) atoms. The molecule has 0 aromatic heterocycles. The quantitative estimate of drug-likeness (QED) is 0.263. The van der Waals surface area contributed by atoms with Crippen LogP contribution in [-0.4, -0.2) is 30.2 Å². The lowest BCUT2D eigenvalue weighted by Crippen LogP contribution is -2.40. The fourth-order valence-corrected chi connectivity index (χ4v) is 0.853. The second-order valence-electron chi connectivity index (χ2n) is 2.23. The van der Waals surface area contributed by atoms with Gasteiger partial charge in [-0.3, -0.25) is 15.6 Å². The van der Waals surface area contributed by atoms with Crippen LogP contribution in [0.3, 0.4) is 0 Å². The first-order valence-corrected chi connectivity index (χ1v) is 3.98. The summed E-state index contributed by atoms with van der Waals surface area (Å²) in [6, 6.07) is 0. The van der Waals surface area contributed by atoms with E-state index in [0.29, 0.717) is 0 Å². The van der Waals surface area contributed by atoms with Crippen molar-refractivity contribution in [2.24, 2.45) is 5.73 Å². The fraction of sp³-hybridized carbons (Fsp3) is 0.625. The third-order valence-electron chi connectivity index (χ3n) is 1.53. The van der Waals surface area contributed by atoms with E-state index < -0.39 is 0 Å². The maximum absolute atomic E-state index is 5.71. The molecule has 0 amide bonds. The Morgan fingerprint density at radius 2 is 2.09 bits per heavy atom. The van der Waals surface area contributed by atoms with Gasteiger partial charge in [-0.05, 0) is 13.8 Å². The molecule has 0 rings (SSSR count). The summed E-state index contributed by atoms with van der Waals surface area (Å²) in [6.45, 7) is 10.3. The van der Waals surface area contributed by atoms with Gasteiger partial charge in [-0.1, -0.05) is 12.7 Å². The number of guanidine groups is 1. The van der Waals surface area contributed by atoms with Crippen LogP contribution in [-0.2, 0) is 0 Å². The average Bonchev–Trinajstić information content (AvgIpc) is 2.03. The molecule has 3 N–H and O–H groups in total. The highest BCUT2D eigenvalue weighted by atomic mass is 15.2. The zero-order valence-electron chi connectivity index (χ0n) is 7.43. The summed E-state index contributed by atoms with van der Waals surface area (Å²) in [4.78, 5) is 0. The van der Waals surface area contributed by atoms with Crippen molar-refractivity contribution in [3.05, 3.63) is 12.7 Å². The van der Waals surface area contributed by atoms with E-state index in [-0.39, 0.29) is 0 Å². The summed E-state index contributed by atoms with van der Waals surface area (Å²) >= 11 is 0. The van der Waals surface area contributed by atoms with E-state index in [2.05, 4.69) is 30.3 Å². The van der Waals surface area contributed by atoms with Crippen LogP contribution in [0.15, 0.2) is 12.7 Å². The van der Waals surface area contributed by atoms with Crippen LogP contribution in [0.2, 0.25) is 0 Å². The van der Waals surface area contributed by atoms with Crippen molar-refractivity contribution in [2.75, 3.05) is 19.6 Å². The maximum atomic E-state index is 5.71. The highest BCUT2D eigenvalue weighted by molar-refractivity contribution is 5.72. The number of nitrogens with two attached hydrogens (primary N) is 1. The van der Waals surface area contributed by atoms with E-state index in [1.807, 2.05) is 0 Å². The van der Waals surface area contributed by atoms with Gasteiger partial charge in [0.15, 0.2) is 0 Å². The molecule has 3 nitrogen and oxygen atoms in total. The molecule has 0 fully saturated rings. The van der Waals surface area contributed by atoms with E-state index in [1.54, 1.807) is 6.08 Å². The SMILES string of the molecule is C=CCNC(N)=[N+](CC)CC. The lowest BCUT2D eigenvalue weighted by Gasteiger charge is -2.04. The van der Waals surface area contributed by atoms with Gasteiger partial charge in [0.2, 0.25) is 0 Å². The highest BCUT2D eigenvalue weighted by Gasteiger charge is 2.00. The van der Waals surface area contributed by atoms with Crippen molar-refractivity contribution in [3.63, 3.8) is 0 Å². The summed E-state index contributed by atoms with van der Waals surface area (Å²) in [7, 11) is 0. The van der Waals surface area contributed by atoms with Gasteiger partial charge in [-0.25, -0.2) is 0 Å². The minimum absolute atomic E-state index is 0.725. The molecule has 64 valence electrons. The van der Waals surface area contributed by atoms with Gasteiger partial charge in [0.1, 0.15) is 0 Å². The molecule has 0 aromatic rings. The predicted molar refractivity (Wildman–Crippen MR) is 48.7 cm³/mol. The van der Waals surface area contributed by atoms with E-state index in [9.17, 15) is 0 Å². The van der Waals surface area contributed by atoms with Crippen LogP contribution in [0.25, 0.3) is 0 Å². The molecule has 0 heterocycles. The van der Waals surface area contributed by atoms with Crippen LogP contribution in [0, 0.1) is 0 Å². The highest BCUT2D eigenvalue weighted by Crippen LogP contribution is 1.73. The summed E-state index contributed by atoms with van der Waals surface area (Å²) in [5.41, 5.74) is 5.71. The molecule has 0 aliphatic heterocycles. The monoisotopic (exact) mass is 156 g/mol. The average molecular weight is 156 g/mol. The first kappa shape index (κ1) is 10.0. The molecule has 0 radical (unpaired) electrons. The molecule has 0 spiro atoms. The molecule has 0 atom stereocenters. The van der Waals surface area contributed by atoms with Gasteiger partial charge >= 0.3 is 5.96 Å². The lowest BCUT2D eigenvalue weighted by atomic mass is 10.6. The molecular weight excluding hydrogens is 138 g/mol. The number of hydrogen-bond donors (Lipinski definition) is 2. The first-order valence-electron chi connectivity index (χ1n) is 3.98. The van der Waals surface area contributed by atoms with Crippen molar-refractivity contribution in [3.8, 4) is 0 Å². The van der Waals surface area contributed by atoms with Gasteiger partial charge in [-0.15, -0.1) is 0 Å². The van der Waals surface area contributed by atoms with Crippen LogP contribution >= 0.6 is 0 Å². The smallest absolute Gasteiger partial charge is 0.291 e. The summed E-state index contributed by atoms with van der Waals surface area (Å²) in [5.74, 6) is 0.731. The summed E-state index contributed by atoms with van der Waals surface area (Å²) < 4.78 is 2.06. The normalized spacial score (nSPS) is 8.91. The standard InChI is InChI=1S/C8H17N3/c1-4-7-10-8(9)11(5-2)6-3/h4H,1,5-7H2,2-3H3,(H2,9,10)/p+1. The van der Waals surface area contributed by atoms with E-state index in [1.165, 1.54) is 0 Å². The fourth-order valence-electron chi connectivity index (χ4n) is 0.853. The topological polar surface area (TPSA) is 41.1 Å². The Bertz CT molecular complexity index is 143. The van der Waals surface area contributed by atoms with Crippen molar-refractivity contribution < 1.29 is 4.58 Å². The number of nitrogens with one attached hydrogen (secondary N) is 1. The predicted octanol–water partition coefficient (Wildman–Crippen LogP) is 0.129. The number of rotatable bonds is 4. The van der Waals surface area contributed by atoms with Gasteiger partial charge in [0.05, 0.1) is 19.6 Å². The minimum Gasteiger partial charge on any atom is -0.291 e. The van der Waals surface area contributed by atoms with Crippen LogP contribution in [0.5, 0.6) is 0 Å². The zero-order chi connectivity index (χ0) is 8.69. The van der Waals surface area contributed by atoms with Gasteiger partial charge in [0.25, 0.3) is 0 Å². The van der Waals surface area contributed by atoms with Crippen LogP contribution < -0.4 is 11.1 Å². The Morgan fingerprint density at radius 1 is 1.55 bits per heavy atom. The maximum Gasteiger partial charge on any atom is 0.343 e. The van der Waals surface area contributed by atoms with Crippen molar-refractivity contribution >= 4 is 5.96 Å². The van der Waals surface area contributed by atoms with Crippen molar-refractivity contribution in [2.45, 2.75) is 13.8 Å². The minimum atomic E-state index is 0.725. The molecule has 0 unspecified atom stereocenters. The van der Waals surface area contributed by atoms with Gasteiger partial charge < -0.3 is 0 Å². The van der Waals surface area contributed by atoms with Crippen LogP contribution in [0.1, 0.15) is 13.8 Å². The molecule has 0 saturated carbocycles. The van der Waals surface area contributed by atoms with Crippen molar-refractivity contribution in [1.29, 1.82) is 0 Å². The van der Waals surface area contributed by atoms with Gasteiger partial charge in [-0.2, -0.15) is 0 Å². The van der Waals surface area contributed by atoms with Gasteiger partial charge in [0, 0.05) is 0 Å². The van der Waals surface area contributed by atoms with E-state index in [4.69, 9.17) is 5.73 Å². The third kappa shape index (κ3) is 3.65. The first-order chi connectivity index (χ1) is 5.26. The lowest BCUT2D eigenvalue weighted by molar-refractivity contribution is -0.523. The Kier molecular flexibility index (Phi) is 5.25. The largest absolute Gasteiger partial charge is 0.343 e. The third-order valence-corrected chi connectivity index (χ3v) is 1.53. The van der Waals surface area contributed by atoms with Crippen LogP contribution in [0.4, 0.5) is 0 Å². The molecule has 0 bridgehead atoms. The molecule has 0 aromatic carbocycles. The number of hydrogen-bond acceptors (Lipinski definition) is 0. The molecule has 0 aliphatic rings. The molecule has 0 saturated heterocycles. The second kappa shape index (κ2) is 5.77. The van der Waals surface area contributed by atoms with Crippen molar-refractivity contribution in [1.82, 2.24) is 5.32 Å². The zero-order valence-corrected chi connectivity index (χ0v) is 7.43. The Hall–Kier alpha value is -0.990. The second-order valence-corrected chi connectivity index (χ2v) is 2.23. The Balaban J connectivity index is 3.99. The summed E-state index contributed by atoms with van der Waals surface area (Å²) in [6.07, 6.45) is 1.79. The Labute approximate surface area is 68.6 Å².